The molecule has 0 spiro atoms. The summed E-state index contributed by atoms with van der Waals surface area (Å²) in [4.78, 5) is 44.7. The second-order valence-electron chi connectivity index (χ2n) is 12.7. The van der Waals surface area contributed by atoms with Crippen molar-refractivity contribution in [1.29, 1.82) is 0 Å². The molecule has 0 unspecified atom stereocenters. The number of amides is 2. The summed E-state index contributed by atoms with van der Waals surface area (Å²) in [5.74, 6) is 1.56. The van der Waals surface area contributed by atoms with E-state index in [1.54, 1.807) is 33.5 Å². The van der Waals surface area contributed by atoms with Crippen LogP contribution in [0.4, 0.5) is 5.69 Å². The van der Waals surface area contributed by atoms with Crippen LogP contribution in [0.3, 0.4) is 0 Å². The van der Waals surface area contributed by atoms with Crippen molar-refractivity contribution in [2.45, 2.75) is 72.1 Å². The van der Waals surface area contributed by atoms with E-state index in [1.165, 1.54) is 6.92 Å². The lowest BCUT2D eigenvalue weighted by atomic mass is 9.95. The van der Waals surface area contributed by atoms with Gasteiger partial charge >= 0.3 is 0 Å². The predicted octanol–water partition coefficient (Wildman–Crippen LogP) is 5.55. The van der Waals surface area contributed by atoms with Gasteiger partial charge in [-0.2, -0.15) is 0 Å². The third kappa shape index (κ3) is 6.67. The highest BCUT2D eigenvalue weighted by Crippen LogP contribution is 2.50. The number of benzene rings is 2. The lowest BCUT2D eigenvalue weighted by molar-refractivity contribution is -0.123. The lowest BCUT2D eigenvalue weighted by Gasteiger charge is -2.22. The summed E-state index contributed by atoms with van der Waals surface area (Å²) >= 11 is 0. The number of rotatable bonds is 11. The Morgan fingerprint density at radius 3 is 2.35 bits per heavy atom. The van der Waals surface area contributed by atoms with Gasteiger partial charge in [0.2, 0.25) is 23.0 Å². The zero-order chi connectivity index (χ0) is 34.7. The van der Waals surface area contributed by atoms with Crippen LogP contribution in [-0.2, 0) is 22.6 Å². The van der Waals surface area contributed by atoms with Crippen LogP contribution in [0.15, 0.2) is 53.3 Å². The highest BCUT2D eigenvalue weighted by Gasteiger charge is 2.30. The average molecular weight is 656 g/mol. The van der Waals surface area contributed by atoms with E-state index in [2.05, 4.69) is 34.4 Å². The molecule has 0 saturated heterocycles. The van der Waals surface area contributed by atoms with E-state index in [1.807, 2.05) is 50.2 Å². The molecule has 2 atom stereocenters. The van der Waals surface area contributed by atoms with E-state index < -0.39 is 12.1 Å². The number of carbonyl (C=O) groups is 2. The molecule has 0 radical (unpaired) electrons. The van der Waals surface area contributed by atoms with Gasteiger partial charge in [0, 0.05) is 18.5 Å². The Hall–Kier alpha value is -5.06. The molecule has 0 bridgehead atoms. The fraction of sp³-hybridized carbons (Fsp3) is 0.405. The monoisotopic (exact) mass is 655 g/mol. The molecule has 0 aliphatic heterocycles. The molecule has 2 amide bonds. The topological polar surface area (TPSA) is 133 Å². The van der Waals surface area contributed by atoms with Crippen molar-refractivity contribution in [3.05, 3.63) is 75.7 Å². The van der Waals surface area contributed by atoms with E-state index >= 15 is 0 Å². The molecule has 11 nitrogen and oxygen atoms in total. The molecular weight excluding hydrogens is 610 g/mol. The molecular formula is C37H45N5O6. The summed E-state index contributed by atoms with van der Waals surface area (Å²) in [7, 11) is 4.67. The standard InChI is InChI=1S/C37H45N5O6/c1-20(2)34(37(45)38-19-32-40-27-11-9-10-12-29(27)42(32)21(3)4)41-28-16-14-24-25(18-30(28)44)26(39-22(5)43)15-13-23-17-31(46-6)35(47-7)36(48-8)33(23)24/h9-12,14,16-18,20-21,26,34H,13,15,19H2,1-8H3,(H,38,45)(H,39,43)(H,41,44)/t26-,34-/m0/s1. The SMILES string of the molecule is COc1cc2c(c(OC)c1OC)-c1ccc(N[C@H](C(=O)NCc3nc4ccccc4n3C(C)C)C(C)C)c(=O)cc1[C@@H](NC(C)=O)CC2. The third-order valence-corrected chi connectivity index (χ3v) is 8.78. The smallest absolute Gasteiger partial charge is 0.243 e. The van der Waals surface area contributed by atoms with Gasteiger partial charge in [0.15, 0.2) is 11.5 Å². The molecule has 254 valence electrons. The fourth-order valence-electron chi connectivity index (χ4n) is 6.60. The van der Waals surface area contributed by atoms with Crippen LogP contribution in [0.5, 0.6) is 17.2 Å². The lowest BCUT2D eigenvalue weighted by Crippen LogP contribution is -2.43. The Morgan fingerprint density at radius 2 is 1.71 bits per heavy atom. The van der Waals surface area contributed by atoms with Crippen LogP contribution >= 0.6 is 0 Å². The van der Waals surface area contributed by atoms with Crippen LogP contribution in [0.1, 0.15) is 70.1 Å². The van der Waals surface area contributed by atoms with E-state index in [-0.39, 0.29) is 41.4 Å². The number of hydrogen-bond acceptors (Lipinski definition) is 8. The number of imidazole rings is 1. The van der Waals surface area contributed by atoms with Gasteiger partial charge in [-0.25, -0.2) is 4.98 Å². The molecule has 1 heterocycles. The highest BCUT2D eigenvalue weighted by atomic mass is 16.5. The number of methoxy groups -OCH3 is 3. The molecule has 3 N–H and O–H groups in total. The number of aromatic nitrogens is 2. The second-order valence-corrected chi connectivity index (χ2v) is 12.7. The Morgan fingerprint density at radius 1 is 0.979 bits per heavy atom. The molecule has 0 fully saturated rings. The molecule has 1 aliphatic carbocycles. The number of anilines is 1. The van der Waals surface area contributed by atoms with E-state index in [0.717, 1.165) is 28.0 Å². The normalized spacial score (nSPS) is 14.5. The first-order valence-electron chi connectivity index (χ1n) is 16.3. The zero-order valence-corrected chi connectivity index (χ0v) is 28.9. The first kappa shape index (κ1) is 34.3. The van der Waals surface area contributed by atoms with Gasteiger partial charge in [-0.05, 0) is 79.6 Å². The van der Waals surface area contributed by atoms with Gasteiger partial charge in [-0.15, -0.1) is 0 Å². The minimum absolute atomic E-state index is 0.150. The molecule has 11 heteroatoms. The van der Waals surface area contributed by atoms with E-state index in [9.17, 15) is 14.4 Å². The number of nitrogens with zero attached hydrogens (tertiary/aromatic N) is 2. The third-order valence-electron chi connectivity index (χ3n) is 8.78. The minimum atomic E-state index is -0.714. The Bertz CT molecular complexity index is 1900. The van der Waals surface area contributed by atoms with Crippen molar-refractivity contribution in [2.75, 3.05) is 26.6 Å². The Kier molecular flexibility index (Phi) is 10.3. The van der Waals surface area contributed by atoms with Gasteiger partial charge in [-0.3, -0.25) is 14.4 Å². The maximum absolute atomic E-state index is 13.9. The van der Waals surface area contributed by atoms with Gasteiger partial charge in [0.1, 0.15) is 11.9 Å². The van der Waals surface area contributed by atoms with Crippen molar-refractivity contribution in [3.8, 4) is 28.4 Å². The van der Waals surface area contributed by atoms with E-state index in [0.29, 0.717) is 41.2 Å². The van der Waals surface area contributed by atoms with E-state index in [4.69, 9.17) is 19.2 Å². The minimum Gasteiger partial charge on any atom is -0.493 e. The maximum atomic E-state index is 13.9. The largest absolute Gasteiger partial charge is 0.493 e. The quantitative estimate of drug-likeness (QED) is 0.192. The summed E-state index contributed by atoms with van der Waals surface area (Å²) in [6.07, 6.45) is 1.14. The Labute approximate surface area is 281 Å². The van der Waals surface area contributed by atoms with Gasteiger partial charge in [0.25, 0.3) is 0 Å². The predicted molar refractivity (Wildman–Crippen MR) is 187 cm³/mol. The van der Waals surface area contributed by atoms with Crippen LogP contribution in [0, 0.1) is 5.92 Å². The van der Waals surface area contributed by atoms with Crippen LogP contribution < -0.4 is 35.6 Å². The molecule has 0 saturated carbocycles. The Balaban J connectivity index is 1.53. The van der Waals surface area contributed by atoms with Gasteiger partial charge < -0.3 is 34.7 Å². The second kappa shape index (κ2) is 14.4. The number of ether oxygens (including phenoxy) is 3. The first-order valence-corrected chi connectivity index (χ1v) is 16.3. The summed E-state index contributed by atoms with van der Waals surface area (Å²) < 4.78 is 19.3. The molecule has 48 heavy (non-hydrogen) atoms. The molecule has 1 aliphatic rings. The number of nitrogens with one attached hydrogen (secondary N) is 3. The number of para-hydroxylation sites is 2. The van der Waals surface area contributed by atoms with Crippen molar-refractivity contribution >= 4 is 28.5 Å². The van der Waals surface area contributed by atoms with Gasteiger partial charge in [-0.1, -0.05) is 32.0 Å². The fourth-order valence-corrected chi connectivity index (χ4v) is 6.60. The maximum Gasteiger partial charge on any atom is 0.243 e. The van der Waals surface area contributed by atoms with Crippen molar-refractivity contribution < 1.29 is 23.8 Å². The van der Waals surface area contributed by atoms with Crippen molar-refractivity contribution in [1.82, 2.24) is 20.2 Å². The summed E-state index contributed by atoms with van der Waals surface area (Å²) in [6, 6.07) is 13.9. The zero-order valence-electron chi connectivity index (χ0n) is 28.9. The number of aryl methyl sites for hydroxylation is 1. The number of fused-ring (bicyclic) bond motifs is 4. The highest BCUT2D eigenvalue weighted by molar-refractivity contribution is 5.86. The molecule has 5 rings (SSSR count). The van der Waals surface area contributed by atoms with Crippen LogP contribution in [0.2, 0.25) is 0 Å². The molecule has 3 aromatic carbocycles. The van der Waals surface area contributed by atoms with Gasteiger partial charge in [0.05, 0.1) is 50.6 Å². The van der Waals surface area contributed by atoms with Crippen molar-refractivity contribution in [3.63, 3.8) is 0 Å². The van der Waals surface area contributed by atoms with Crippen molar-refractivity contribution in [2.24, 2.45) is 5.92 Å². The molecule has 4 aromatic rings. The van der Waals surface area contributed by atoms with Crippen LogP contribution in [0.25, 0.3) is 22.2 Å². The summed E-state index contributed by atoms with van der Waals surface area (Å²) in [6.45, 7) is 9.72. The van der Waals surface area contributed by atoms with Crippen LogP contribution in [-0.4, -0.2) is 48.7 Å². The summed E-state index contributed by atoms with van der Waals surface area (Å²) in [5, 5.41) is 9.32. The molecule has 1 aromatic heterocycles. The number of carbonyl (C=O) groups excluding carboxylic acids is 2. The first-order chi connectivity index (χ1) is 23.0. The summed E-state index contributed by atoms with van der Waals surface area (Å²) in [5.41, 5.74) is 4.86. The number of hydrogen-bond donors (Lipinski definition) is 3. The average Bonchev–Trinajstić information content (AvgIpc) is 3.28.